The van der Waals surface area contributed by atoms with Crippen LogP contribution in [0.15, 0.2) is 35.9 Å². The van der Waals surface area contributed by atoms with E-state index in [0.717, 1.165) is 24.8 Å². The molecule has 14 heteroatoms. The molecule has 1 aromatic heterocycles. The van der Waals surface area contributed by atoms with E-state index >= 15 is 0 Å². The lowest BCUT2D eigenvalue weighted by atomic mass is 9.95. The highest BCUT2D eigenvalue weighted by Gasteiger charge is 2.50. The third-order valence-electron chi connectivity index (χ3n) is 9.13. The molecule has 0 unspecified atom stereocenters. The number of halogens is 2. The summed E-state index contributed by atoms with van der Waals surface area (Å²) in [6.07, 6.45) is 4.73. The van der Waals surface area contributed by atoms with Crippen LogP contribution in [0, 0.1) is 0 Å². The Morgan fingerprint density at radius 2 is 1.80 bits per heavy atom. The molecule has 2 aliphatic heterocycles. The maximum atomic E-state index is 14.9. The maximum Gasteiger partial charge on any atom is 0.408 e. The average molecular weight is 700 g/mol. The number of rotatable bonds is 6. The van der Waals surface area contributed by atoms with Crippen molar-refractivity contribution in [3.05, 3.63) is 41.6 Å². The molecule has 2 N–H and O–H groups in total. The molecule has 272 valence electrons. The Morgan fingerprint density at radius 3 is 2.48 bits per heavy atom. The van der Waals surface area contributed by atoms with E-state index in [9.17, 15) is 28.0 Å². The highest BCUT2D eigenvalue weighted by atomic mass is 19.3. The molecule has 5 rings (SSSR count). The largest absolute Gasteiger partial charge is 0.471 e. The smallest absolute Gasteiger partial charge is 0.408 e. The first-order chi connectivity index (χ1) is 23.6. The maximum absolute atomic E-state index is 14.9. The topological polar surface area (TPSA) is 149 Å². The van der Waals surface area contributed by atoms with E-state index in [-0.39, 0.29) is 37.9 Å². The molecular formula is C36H47F2N5O7. The molecule has 1 saturated heterocycles. The molecule has 12 nitrogen and oxygen atoms in total. The van der Waals surface area contributed by atoms with Crippen LogP contribution in [0.1, 0.15) is 98.1 Å². The Kier molecular flexibility index (Phi) is 11.0. The molecule has 2 bridgehead atoms. The van der Waals surface area contributed by atoms with Crippen LogP contribution in [-0.4, -0.2) is 81.2 Å². The highest BCUT2D eigenvalue weighted by Crippen LogP contribution is 2.38. The number of para-hydroxylation sites is 2. The number of hydrogen-bond donors (Lipinski definition) is 2. The Balaban J connectivity index is 1.51. The van der Waals surface area contributed by atoms with Gasteiger partial charge in [-0.05, 0) is 71.9 Å². The molecule has 3 aliphatic rings. The van der Waals surface area contributed by atoms with E-state index in [1.54, 1.807) is 52.0 Å². The van der Waals surface area contributed by atoms with Gasteiger partial charge in [-0.25, -0.2) is 19.6 Å². The number of esters is 1. The van der Waals surface area contributed by atoms with Crippen molar-refractivity contribution in [3.8, 4) is 5.88 Å². The summed E-state index contributed by atoms with van der Waals surface area (Å²) >= 11 is 0. The second-order valence-electron chi connectivity index (χ2n) is 14.4. The average Bonchev–Trinajstić information content (AvgIpc) is 3.65. The second-order valence-corrected chi connectivity index (χ2v) is 14.4. The standard InChI is InChI=1S/C36H47F2N5O7/c1-6-48-32(46)36-18-17-22(20-36)13-9-7-8-10-16-26(41-33(47)50-34(2,3)4)31(45)43-21-23(19-27(43)29(44)42-36)49-30-28(35(5,37)38)39-24-14-11-12-15-25(24)40-30/h11-15,23,26-27H,6-10,16-21H2,1-5H3,(H,41,47)(H,42,44)/b22-13-/t23-,26+,27+,36-/m1/s1. The van der Waals surface area contributed by atoms with Gasteiger partial charge in [0, 0.05) is 19.8 Å². The number of allylic oxidation sites excluding steroid dienone is 1. The van der Waals surface area contributed by atoms with E-state index in [1.807, 2.05) is 0 Å². The highest BCUT2D eigenvalue weighted by molar-refractivity contribution is 5.95. The molecule has 50 heavy (non-hydrogen) atoms. The number of nitrogens with one attached hydrogen (secondary N) is 2. The van der Waals surface area contributed by atoms with E-state index in [1.165, 1.54) is 4.90 Å². The van der Waals surface area contributed by atoms with Gasteiger partial charge in [-0.3, -0.25) is 9.59 Å². The molecule has 2 aromatic rings. The summed E-state index contributed by atoms with van der Waals surface area (Å²) in [6, 6.07) is 4.33. The minimum absolute atomic E-state index is 0.0957. The van der Waals surface area contributed by atoms with Gasteiger partial charge in [0.15, 0.2) is 5.69 Å². The fourth-order valence-electron chi connectivity index (χ4n) is 6.80. The number of amides is 3. The molecule has 1 aliphatic carbocycles. The van der Waals surface area contributed by atoms with Crippen molar-refractivity contribution in [3.63, 3.8) is 0 Å². The predicted octanol–water partition coefficient (Wildman–Crippen LogP) is 5.48. The first-order valence-electron chi connectivity index (χ1n) is 17.4. The molecular weight excluding hydrogens is 652 g/mol. The van der Waals surface area contributed by atoms with E-state index in [4.69, 9.17) is 14.2 Å². The number of fused-ring (bicyclic) bond motifs is 4. The second kappa shape index (κ2) is 14.9. The Bertz CT molecular complexity index is 1640. The number of nitrogens with zero attached hydrogens (tertiary/aromatic N) is 3. The fourth-order valence-corrected chi connectivity index (χ4v) is 6.80. The van der Waals surface area contributed by atoms with Gasteiger partial charge in [0.2, 0.25) is 17.7 Å². The number of carbonyl (C=O) groups excluding carboxylic acids is 4. The van der Waals surface area contributed by atoms with Crippen LogP contribution >= 0.6 is 0 Å². The van der Waals surface area contributed by atoms with Crippen LogP contribution in [0.25, 0.3) is 11.0 Å². The van der Waals surface area contributed by atoms with Crippen molar-refractivity contribution in [2.24, 2.45) is 0 Å². The fraction of sp³-hybridized carbons (Fsp3) is 0.611. The van der Waals surface area contributed by atoms with Gasteiger partial charge in [-0.1, -0.05) is 36.6 Å². The van der Waals surface area contributed by atoms with Crippen LogP contribution in [0.5, 0.6) is 5.88 Å². The van der Waals surface area contributed by atoms with E-state index in [0.29, 0.717) is 31.7 Å². The number of carbonyl (C=O) groups is 4. The number of hydrogen-bond acceptors (Lipinski definition) is 9. The van der Waals surface area contributed by atoms with Gasteiger partial charge >= 0.3 is 12.1 Å². The van der Waals surface area contributed by atoms with Gasteiger partial charge in [0.05, 0.1) is 24.2 Å². The zero-order valence-corrected chi connectivity index (χ0v) is 29.4. The van der Waals surface area contributed by atoms with E-state index < -0.39 is 70.7 Å². The monoisotopic (exact) mass is 699 g/mol. The van der Waals surface area contributed by atoms with Crippen molar-refractivity contribution < 1.29 is 42.2 Å². The first-order valence-corrected chi connectivity index (χ1v) is 17.4. The zero-order chi connectivity index (χ0) is 36.3. The minimum atomic E-state index is -3.41. The zero-order valence-electron chi connectivity index (χ0n) is 29.4. The predicted molar refractivity (Wildman–Crippen MR) is 179 cm³/mol. The van der Waals surface area contributed by atoms with Crippen LogP contribution in [-0.2, 0) is 29.8 Å². The SMILES string of the molecule is CCOC(=O)[C@]12CC/C(=C/CCCCC[C@H](NC(=O)OC(C)(C)C)C(=O)N3C[C@H](Oc4nc5ccccc5nc4C(C)(F)F)C[C@H]3C(=O)N1)C2. The van der Waals surface area contributed by atoms with Gasteiger partial charge in [0.1, 0.15) is 29.3 Å². The molecule has 2 fully saturated rings. The van der Waals surface area contributed by atoms with Crippen molar-refractivity contribution in [2.45, 2.75) is 128 Å². The number of aromatic nitrogens is 2. The molecule has 1 saturated carbocycles. The number of alkyl carbamates (subject to hydrolysis) is 1. The van der Waals surface area contributed by atoms with Crippen LogP contribution in [0.3, 0.4) is 0 Å². The van der Waals surface area contributed by atoms with Gasteiger partial charge in [-0.2, -0.15) is 8.78 Å². The quantitative estimate of drug-likeness (QED) is 0.296. The summed E-state index contributed by atoms with van der Waals surface area (Å²) in [6.45, 7) is 7.45. The summed E-state index contributed by atoms with van der Waals surface area (Å²) in [5.74, 6) is -5.55. The Labute approximate surface area is 290 Å². The van der Waals surface area contributed by atoms with Gasteiger partial charge in [0.25, 0.3) is 5.92 Å². The van der Waals surface area contributed by atoms with Crippen LogP contribution in [0.4, 0.5) is 13.6 Å². The number of ether oxygens (including phenoxy) is 3. The van der Waals surface area contributed by atoms with E-state index in [2.05, 4.69) is 26.7 Å². The summed E-state index contributed by atoms with van der Waals surface area (Å²) in [7, 11) is 0. The van der Waals surface area contributed by atoms with Crippen LogP contribution in [0.2, 0.25) is 0 Å². The molecule has 0 spiro atoms. The number of benzene rings is 1. The van der Waals surface area contributed by atoms with Crippen molar-refractivity contribution in [2.75, 3.05) is 13.2 Å². The Hall–Kier alpha value is -4.36. The van der Waals surface area contributed by atoms with Crippen molar-refractivity contribution in [1.29, 1.82) is 0 Å². The van der Waals surface area contributed by atoms with Crippen molar-refractivity contribution >= 4 is 34.9 Å². The van der Waals surface area contributed by atoms with Gasteiger partial charge < -0.3 is 29.7 Å². The van der Waals surface area contributed by atoms with Crippen molar-refractivity contribution in [1.82, 2.24) is 25.5 Å². The first kappa shape index (κ1) is 36.9. The van der Waals surface area contributed by atoms with Crippen LogP contribution < -0.4 is 15.4 Å². The Morgan fingerprint density at radius 1 is 1.08 bits per heavy atom. The lowest BCUT2D eigenvalue weighted by Crippen LogP contribution is -2.59. The normalized spacial score (nSPS) is 26.2. The molecule has 3 amide bonds. The molecule has 3 heterocycles. The summed E-state index contributed by atoms with van der Waals surface area (Å²) in [4.78, 5) is 64.7. The number of alkyl halides is 2. The van der Waals surface area contributed by atoms with Gasteiger partial charge in [-0.15, -0.1) is 0 Å². The summed E-state index contributed by atoms with van der Waals surface area (Å²) in [5, 5.41) is 5.63. The third-order valence-corrected chi connectivity index (χ3v) is 9.13. The molecule has 1 aromatic carbocycles. The summed E-state index contributed by atoms with van der Waals surface area (Å²) < 4.78 is 46.7. The lowest BCUT2D eigenvalue weighted by Gasteiger charge is -2.32. The molecule has 0 radical (unpaired) electrons. The third kappa shape index (κ3) is 8.67. The lowest BCUT2D eigenvalue weighted by molar-refractivity contribution is -0.154. The summed E-state index contributed by atoms with van der Waals surface area (Å²) in [5.41, 5.74) is -1.19. The minimum Gasteiger partial charge on any atom is -0.471 e. The molecule has 4 atom stereocenters.